The molecule has 1 aliphatic heterocycles. The molecule has 1 N–H and O–H groups in total. The van der Waals surface area contributed by atoms with Gasteiger partial charge in [-0.25, -0.2) is 9.97 Å². The van der Waals surface area contributed by atoms with E-state index >= 15 is 0 Å². The Morgan fingerprint density at radius 1 is 1.36 bits per heavy atom. The second-order valence-electron chi connectivity index (χ2n) is 3.88. The van der Waals surface area contributed by atoms with Gasteiger partial charge in [0, 0.05) is 18.0 Å². The lowest BCUT2D eigenvalue weighted by Crippen LogP contribution is -2.16. The number of rotatable bonds is 1. The van der Waals surface area contributed by atoms with Gasteiger partial charge in [-0.2, -0.15) is 0 Å². The second-order valence-corrected chi connectivity index (χ2v) is 4.24. The fourth-order valence-corrected chi connectivity index (χ4v) is 1.84. The van der Waals surface area contributed by atoms with Gasteiger partial charge in [-0.15, -0.1) is 0 Å². The molecule has 0 spiro atoms. The number of hydrogen-bond donors (Lipinski definition) is 1. The summed E-state index contributed by atoms with van der Waals surface area (Å²) in [5.41, 5.74) is 1.07. The molecule has 14 heavy (non-hydrogen) atoms. The van der Waals surface area contributed by atoms with Gasteiger partial charge < -0.3 is 5.32 Å². The van der Waals surface area contributed by atoms with Crippen LogP contribution in [0.4, 0.5) is 5.82 Å². The first kappa shape index (κ1) is 9.71. The van der Waals surface area contributed by atoms with Gasteiger partial charge >= 0.3 is 0 Å². The average molecular weight is 212 g/mol. The van der Waals surface area contributed by atoms with Crippen LogP contribution in [0.25, 0.3) is 0 Å². The molecule has 0 bridgehead atoms. The van der Waals surface area contributed by atoms with E-state index in [1.165, 1.54) is 0 Å². The third kappa shape index (κ3) is 1.69. The monoisotopic (exact) mass is 211 g/mol. The van der Waals surface area contributed by atoms with E-state index in [4.69, 9.17) is 11.6 Å². The van der Waals surface area contributed by atoms with Crippen LogP contribution in [0.3, 0.4) is 0 Å². The average Bonchev–Trinajstić information content (AvgIpc) is 2.17. The normalized spacial score (nSPS) is 15.1. The van der Waals surface area contributed by atoms with E-state index in [0.29, 0.717) is 11.1 Å². The van der Waals surface area contributed by atoms with Crippen LogP contribution in [0, 0.1) is 0 Å². The van der Waals surface area contributed by atoms with Crippen molar-refractivity contribution < 1.29 is 0 Å². The maximum atomic E-state index is 6.10. The lowest BCUT2D eigenvalue weighted by Gasteiger charge is -2.19. The maximum Gasteiger partial charge on any atom is 0.138 e. The molecule has 1 aromatic heterocycles. The molecule has 0 amide bonds. The molecule has 1 aliphatic rings. The summed E-state index contributed by atoms with van der Waals surface area (Å²) < 4.78 is 0. The van der Waals surface area contributed by atoms with Crippen molar-refractivity contribution >= 4 is 17.4 Å². The predicted octanol–water partition coefficient (Wildman–Crippen LogP) is 2.61. The highest BCUT2D eigenvalue weighted by atomic mass is 35.5. The van der Waals surface area contributed by atoms with Crippen LogP contribution in [-0.2, 0) is 6.42 Å². The molecule has 0 aliphatic carbocycles. The summed E-state index contributed by atoms with van der Waals surface area (Å²) in [5, 5.41) is 3.88. The van der Waals surface area contributed by atoms with Crippen LogP contribution in [0.2, 0.25) is 5.15 Å². The fourth-order valence-electron chi connectivity index (χ4n) is 1.57. The zero-order valence-corrected chi connectivity index (χ0v) is 9.23. The van der Waals surface area contributed by atoms with Crippen LogP contribution in [0.1, 0.15) is 37.6 Å². The molecule has 0 fully saturated rings. The minimum absolute atomic E-state index is 0.321. The first-order valence-electron chi connectivity index (χ1n) is 4.98. The van der Waals surface area contributed by atoms with Crippen LogP contribution >= 0.6 is 11.6 Å². The van der Waals surface area contributed by atoms with Gasteiger partial charge in [-0.3, -0.25) is 0 Å². The van der Waals surface area contributed by atoms with Crippen molar-refractivity contribution in [3.8, 4) is 0 Å². The molecular formula is C10H14ClN3. The minimum Gasteiger partial charge on any atom is -0.370 e. The number of anilines is 1. The van der Waals surface area contributed by atoms with E-state index in [0.717, 1.165) is 36.6 Å². The first-order chi connectivity index (χ1) is 6.68. The Morgan fingerprint density at radius 3 is 2.86 bits per heavy atom. The molecule has 2 rings (SSSR count). The molecule has 0 atom stereocenters. The topological polar surface area (TPSA) is 37.8 Å². The number of nitrogens with one attached hydrogen (secondary N) is 1. The van der Waals surface area contributed by atoms with E-state index in [2.05, 4.69) is 29.1 Å². The molecule has 0 radical (unpaired) electrons. The SMILES string of the molecule is CC(C)c1nc(Cl)c2c(n1)NCCC2. The van der Waals surface area contributed by atoms with Crippen molar-refractivity contribution in [1.29, 1.82) is 0 Å². The van der Waals surface area contributed by atoms with Crippen LogP contribution in [0.5, 0.6) is 0 Å². The summed E-state index contributed by atoms with van der Waals surface area (Å²) >= 11 is 6.10. The van der Waals surface area contributed by atoms with Crippen molar-refractivity contribution in [2.45, 2.75) is 32.6 Å². The summed E-state index contributed by atoms with van der Waals surface area (Å²) in [5.74, 6) is 2.07. The van der Waals surface area contributed by atoms with Gasteiger partial charge in [0.05, 0.1) is 0 Å². The predicted molar refractivity (Wildman–Crippen MR) is 57.9 cm³/mol. The molecule has 2 heterocycles. The summed E-state index contributed by atoms with van der Waals surface area (Å²) in [6.07, 6.45) is 2.09. The highest BCUT2D eigenvalue weighted by Crippen LogP contribution is 2.27. The van der Waals surface area contributed by atoms with Gasteiger partial charge in [0.1, 0.15) is 16.8 Å². The lowest BCUT2D eigenvalue weighted by atomic mass is 10.1. The fraction of sp³-hybridized carbons (Fsp3) is 0.600. The Labute approximate surface area is 88.9 Å². The van der Waals surface area contributed by atoms with Crippen molar-refractivity contribution in [2.75, 3.05) is 11.9 Å². The van der Waals surface area contributed by atoms with Gasteiger partial charge in [0.2, 0.25) is 0 Å². The molecule has 76 valence electrons. The Morgan fingerprint density at radius 2 is 2.14 bits per heavy atom. The van der Waals surface area contributed by atoms with Crippen LogP contribution in [0.15, 0.2) is 0 Å². The Bertz CT molecular complexity index is 349. The smallest absolute Gasteiger partial charge is 0.138 e. The van der Waals surface area contributed by atoms with Gasteiger partial charge in [-0.05, 0) is 12.8 Å². The van der Waals surface area contributed by atoms with Gasteiger partial charge in [0.15, 0.2) is 0 Å². The zero-order valence-electron chi connectivity index (χ0n) is 8.47. The summed E-state index contributed by atoms with van der Waals surface area (Å²) in [6.45, 7) is 5.12. The lowest BCUT2D eigenvalue weighted by molar-refractivity contribution is 0.744. The molecule has 0 unspecified atom stereocenters. The van der Waals surface area contributed by atoms with E-state index in [1.54, 1.807) is 0 Å². The van der Waals surface area contributed by atoms with E-state index in [1.807, 2.05) is 0 Å². The number of fused-ring (bicyclic) bond motifs is 1. The number of aromatic nitrogens is 2. The third-order valence-electron chi connectivity index (χ3n) is 2.39. The molecule has 4 heteroatoms. The van der Waals surface area contributed by atoms with E-state index < -0.39 is 0 Å². The highest BCUT2D eigenvalue weighted by Gasteiger charge is 2.17. The van der Waals surface area contributed by atoms with Crippen molar-refractivity contribution in [1.82, 2.24) is 9.97 Å². The van der Waals surface area contributed by atoms with Crippen LogP contribution in [-0.4, -0.2) is 16.5 Å². The van der Waals surface area contributed by atoms with Gasteiger partial charge in [0.25, 0.3) is 0 Å². The molecule has 0 saturated carbocycles. The minimum atomic E-state index is 0.321. The van der Waals surface area contributed by atoms with Crippen molar-refractivity contribution in [3.63, 3.8) is 0 Å². The number of nitrogens with zero attached hydrogens (tertiary/aromatic N) is 2. The summed E-state index contributed by atoms with van der Waals surface area (Å²) in [4.78, 5) is 8.77. The largest absolute Gasteiger partial charge is 0.370 e. The highest BCUT2D eigenvalue weighted by molar-refractivity contribution is 6.30. The number of halogens is 1. The second kappa shape index (κ2) is 3.73. The van der Waals surface area contributed by atoms with Gasteiger partial charge in [-0.1, -0.05) is 25.4 Å². The quantitative estimate of drug-likeness (QED) is 0.726. The Hall–Kier alpha value is -0.830. The summed E-state index contributed by atoms with van der Waals surface area (Å²) in [7, 11) is 0. The molecule has 0 saturated heterocycles. The third-order valence-corrected chi connectivity index (χ3v) is 2.70. The first-order valence-corrected chi connectivity index (χ1v) is 5.36. The Balaban J connectivity index is 2.46. The maximum absolute atomic E-state index is 6.10. The molecule has 1 aromatic rings. The van der Waals surface area contributed by atoms with Crippen molar-refractivity contribution in [3.05, 3.63) is 16.5 Å². The molecule has 0 aromatic carbocycles. The van der Waals surface area contributed by atoms with E-state index in [-0.39, 0.29) is 0 Å². The van der Waals surface area contributed by atoms with Crippen molar-refractivity contribution in [2.24, 2.45) is 0 Å². The number of hydrogen-bond acceptors (Lipinski definition) is 3. The standard InChI is InChI=1S/C10H14ClN3/c1-6(2)9-13-8(11)7-4-3-5-12-10(7)14-9/h6H,3-5H2,1-2H3,(H,12,13,14). The summed E-state index contributed by atoms with van der Waals surface area (Å²) in [6, 6.07) is 0. The van der Waals surface area contributed by atoms with Crippen LogP contribution < -0.4 is 5.32 Å². The molecular weight excluding hydrogens is 198 g/mol. The van der Waals surface area contributed by atoms with E-state index in [9.17, 15) is 0 Å². The zero-order chi connectivity index (χ0) is 10.1. The molecule has 3 nitrogen and oxygen atoms in total. The Kier molecular flexibility index (Phi) is 2.59.